The molecule has 0 unspecified atom stereocenters. The maximum absolute atomic E-state index is 12.8. The normalized spacial score (nSPS) is 10.6. The van der Waals surface area contributed by atoms with Crippen LogP contribution in [-0.4, -0.2) is 28.8 Å². The first-order valence-corrected chi connectivity index (χ1v) is 10.1. The molecule has 160 valence electrons. The fourth-order valence-electron chi connectivity index (χ4n) is 3.36. The van der Waals surface area contributed by atoms with Crippen LogP contribution in [-0.2, 0) is 6.54 Å². The van der Waals surface area contributed by atoms with Gasteiger partial charge in [-0.25, -0.2) is 0 Å². The van der Waals surface area contributed by atoms with Gasteiger partial charge in [0.25, 0.3) is 11.8 Å². The zero-order valence-electron chi connectivity index (χ0n) is 17.8. The highest BCUT2D eigenvalue weighted by molar-refractivity contribution is 5.99. The zero-order valence-corrected chi connectivity index (χ0v) is 17.8. The van der Waals surface area contributed by atoms with E-state index in [1.165, 1.54) is 0 Å². The predicted octanol–water partition coefficient (Wildman–Crippen LogP) is 4.02. The topological polar surface area (TPSA) is 93.2 Å². The maximum atomic E-state index is 12.8. The lowest BCUT2D eigenvalue weighted by Gasteiger charge is -2.14. The highest BCUT2D eigenvalue weighted by atomic mass is 16.5. The van der Waals surface area contributed by atoms with Crippen LogP contribution < -0.4 is 15.4 Å². The van der Waals surface area contributed by atoms with Crippen molar-refractivity contribution in [1.29, 1.82) is 0 Å². The van der Waals surface area contributed by atoms with Crippen molar-refractivity contribution < 1.29 is 14.3 Å². The Morgan fingerprint density at radius 3 is 2.53 bits per heavy atom. The number of ether oxygens (including phenoxy) is 1. The fourth-order valence-corrected chi connectivity index (χ4v) is 3.36. The molecule has 0 atom stereocenters. The minimum Gasteiger partial charge on any atom is -0.456 e. The standard InChI is InChI=1S/C25H22N4O3/c1-16-19(25(31)29-15-17-8-11-27-12-9-17)4-3-5-22(16)32-23-10-13-28-21-14-18(24(30)26-2)6-7-20(21)23/h3-14H,15H2,1-2H3,(H,26,30)(H,29,31). The van der Waals surface area contributed by atoms with E-state index in [0.29, 0.717) is 34.7 Å². The van der Waals surface area contributed by atoms with Crippen molar-refractivity contribution in [2.45, 2.75) is 13.5 Å². The van der Waals surface area contributed by atoms with Gasteiger partial charge in [0.1, 0.15) is 11.5 Å². The largest absolute Gasteiger partial charge is 0.456 e. The van der Waals surface area contributed by atoms with Crippen molar-refractivity contribution >= 4 is 22.7 Å². The number of fused-ring (bicyclic) bond motifs is 1. The van der Waals surface area contributed by atoms with E-state index in [1.807, 2.05) is 31.2 Å². The Kier molecular flexibility index (Phi) is 6.07. The Morgan fingerprint density at radius 2 is 1.75 bits per heavy atom. The van der Waals surface area contributed by atoms with Crippen molar-refractivity contribution in [3.8, 4) is 11.5 Å². The number of carbonyl (C=O) groups excluding carboxylic acids is 2. The Balaban J connectivity index is 1.58. The fraction of sp³-hybridized carbons (Fsp3) is 0.120. The lowest BCUT2D eigenvalue weighted by Crippen LogP contribution is -2.23. The molecule has 0 saturated carbocycles. The van der Waals surface area contributed by atoms with Crippen LogP contribution in [0.15, 0.2) is 73.2 Å². The number of benzene rings is 2. The van der Waals surface area contributed by atoms with Crippen LogP contribution in [0.25, 0.3) is 10.9 Å². The van der Waals surface area contributed by atoms with Gasteiger partial charge in [-0.05, 0) is 61.0 Å². The predicted molar refractivity (Wildman–Crippen MR) is 122 cm³/mol. The summed E-state index contributed by atoms with van der Waals surface area (Å²) in [7, 11) is 1.59. The molecule has 0 aliphatic rings. The third kappa shape index (κ3) is 4.41. The second kappa shape index (κ2) is 9.26. The number of carbonyl (C=O) groups is 2. The molecule has 0 spiro atoms. The van der Waals surface area contributed by atoms with Crippen LogP contribution in [0, 0.1) is 6.92 Å². The Labute approximate surface area is 185 Å². The first kappa shape index (κ1) is 21.0. The molecule has 2 N–H and O–H groups in total. The van der Waals surface area contributed by atoms with Crippen LogP contribution in [0.5, 0.6) is 11.5 Å². The number of nitrogens with zero attached hydrogens (tertiary/aromatic N) is 2. The van der Waals surface area contributed by atoms with E-state index in [4.69, 9.17) is 4.74 Å². The second-order valence-electron chi connectivity index (χ2n) is 7.19. The summed E-state index contributed by atoms with van der Waals surface area (Å²) in [5.74, 6) is 0.807. The lowest BCUT2D eigenvalue weighted by molar-refractivity contribution is 0.0946. The van der Waals surface area contributed by atoms with Gasteiger partial charge in [0.15, 0.2) is 0 Å². The van der Waals surface area contributed by atoms with Gasteiger partial charge in [0.2, 0.25) is 0 Å². The summed E-state index contributed by atoms with van der Waals surface area (Å²) in [6.07, 6.45) is 5.02. The Hall–Kier alpha value is -4.26. The molecule has 2 heterocycles. The smallest absolute Gasteiger partial charge is 0.251 e. The summed E-state index contributed by atoms with van der Waals surface area (Å²) in [6.45, 7) is 2.26. The molecule has 0 fully saturated rings. The minimum atomic E-state index is -0.181. The molecule has 2 aromatic carbocycles. The molecule has 4 rings (SSSR count). The number of hydrogen-bond acceptors (Lipinski definition) is 5. The second-order valence-corrected chi connectivity index (χ2v) is 7.19. The maximum Gasteiger partial charge on any atom is 0.251 e. The summed E-state index contributed by atoms with van der Waals surface area (Å²) >= 11 is 0. The Morgan fingerprint density at radius 1 is 0.938 bits per heavy atom. The van der Waals surface area contributed by atoms with Gasteiger partial charge >= 0.3 is 0 Å². The van der Waals surface area contributed by atoms with E-state index in [0.717, 1.165) is 16.5 Å². The molecule has 7 nitrogen and oxygen atoms in total. The van der Waals surface area contributed by atoms with E-state index in [9.17, 15) is 9.59 Å². The lowest BCUT2D eigenvalue weighted by atomic mass is 10.1. The third-order valence-electron chi connectivity index (χ3n) is 5.14. The molecule has 32 heavy (non-hydrogen) atoms. The van der Waals surface area contributed by atoms with Crippen LogP contribution in [0.2, 0.25) is 0 Å². The molecule has 0 saturated heterocycles. The number of amides is 2. The van der Waals surface area contributed by atoms with Crippen LogP contribution in [0.4, 0.5) is 0 Å². The monoisotopic (exact) mass is 426 g/mol. The minimum absolute atomic E-state index is 0.179. The molecule has 7 heteroatoms. The van der Waals surface area contributed by atoms with Gasteiger partial charge in [-0.15, -0.1) is 0 Å². The first-order chi connectivity index (χ1) is 15.6. The highest BCUT2D eigenvalue weighted by Crippen LogP contribution is 2.32. The molecule has 2 amide bonds. The van der Waals surface area contributed by atoms with Crippen LogP contribution >= 0.6 is 0 Å². The molecule has 0 aliphatic carbocycles. The third-order valence-corrected chi connectivity index (χ3v) is 5.14. The summed E-state index contributed by atoms with van der Waals surface area (Å²) in [5, 5.41) is 6.31. The van der Waals surface area contributed by atoms with E-state index in [-0.39, 0.29) is 11.8 Å². The quantitative estimate of drug-likeness (QED) is 0.486. The summed E-state index contributed by atoms with van der Waals surface area (Å²) in [4.78, 5) is 33.0. The molecule has 0 radical (unpaired) electrons. The van der Waals surface area contributed by atoms with Gasteiger partial charge < -0.3 is 15.4 Å². The zero-order chi connectivity index (χ0) is 22.5. The highest BCUT2D eigenvalue weighted by Gasteiger charge is 2.14. The molecule has 4 aromatic rings. The number of rotatable bonds is 6. The summed E-state index contributed by atoms with van der Waals surface area (Å²) < 4.78 is 6.17. The number of hydrogen-bond donors (Lipinski definition) is 2. The van der Waals surface area contributed by atoms with E-state index >= 15 is 0 Å². The summed E-state index contributed by atoms with van der Waals surface area (Å²) in [6, 6.07) is 16.1. The van der Waals surface area contributed by atoms with E-state index in [1.54, 1.807) is 56.0 Å². The van der Waals surface area contributed by atoms with Crippen molar-refractivity contribution in [2.24, 2.45) is 0 Å². The van der Waals surface area contributed by atoms with Gasteiger partial charge in [-0.3, -0.25) is 19.6 Å². The Bertz CT molecular complexity index is 1290. The molecule has 0 bridgehead atoms. The van der Waals surface area contributed by atoms with E-state index in [2.05, 4.69) is 20.6 Å². The average Bonchev–Trinajstić information content (AvgIpc) is 2.83. The van der Waals surface area contributed by atoms with Gasteiger partial charge in [-0.2, -0.15) is 0 Å². The van der Waals surface area contributed by atoms with Crippen LogP contribution in [0.3, 0.4) is 0 Å². The van der Waals surface area contributed by atoms with Crippen molar-refractivity contribution in [2.75, 3.05) is 7.05 Å². The van der Waals surface area contributed by atoms with Gasteiger partial charge in [0.05, 0.1) is 5.52 Å². The van der Waals surface area contributed by atoms with Gasteiger partial charge in [0, 0.05) is 54.3 Å². The van der Waals surface area contributed by atoms with Crippen molar-refractivity contribution in [3.05, 3.63) is 95.4 Å². The number of nitrogens with one attached hydrogen (secondary N) is 2. The van der Waals surface area contributed by atoms with Crippen LogP contribution in [0.1, 0.15) is 31.8 Å². The van der Waals surface area contributed by atoms with Gasteiger partial charge in [-0.1, -0.05) is 6.07 Å². The van der Waals surface area contributed by atoms with E-state index < -0.39 is 0 Å². The average molecular weight is 426 g/mol. The molecule has 2 aromatic heterocycles. The molecule has 0 aliphatic heterocycles. The SMILES string of the molecule is CNC(=O)c1ccc2c(Oc3cccc(C(=O)NCc4ccncc4)c3C)ccnc2c1. The van der Waals surface area contributed by atoms with Crippen molar-refractivity contribution in [1.82, 2.24) is 20.6 Å². The molecular formula is C25H22N4O3. The number of pyridine rings is 2. The number of aromatic nitrogens is 2. The first-order valence-electron chi connectivity index (χ1n) is 10.1. The molecular weight excluding hydrogens is 404 g/mol. The van der Waals surface area contributed by atoms with Crippen molar-refractivity contribution in [3.63, 3.8) is 0 Å². The summed E-state index contributed by atoms with van der Waals surface area (Å²) in [5.41, 5.74) is 3.41.